The lowest BCUT2D eigenvalue weighted by atomic mass is 10.2. The Kier molecular flexibility index (Phi) is 6.19. The lowest BCUT2D eigenvalue weighted by molar-refractivity contribution is 0.211. The molecule has 0 aliphatic carbocycles. The molecule has 0 unspecified atom stereocenters. The first-order valence-corrected chi connectivity index (χ1v) is 7.47. The lowest BCUT2D eigenvalue weighted by Gasteiger charge is -2.13. The van der Waals surface area contributed by atoms with Crippen molar-refractivity contribution < 1.29 is 14.2 Å². The van der Waals surface area contributed by atoms with Crippen LogP contribution in [0, 0.1) is 0 Å². The van der Waals surface area contributed by atoms with Crippen LogP contribution in [0.4, 0.5) is 0 Å². The van der Waals surface area contributed by atoms with E-state index in [0.717, 1.165) is 5.56 Å². The highest BCUT2D eigenvalue weighted by molar-refractivity contribution is 6.35. The molecule has 0 aliphatic heterocycles. The number of hydrogen-bond acceptors (Lipinski definition) is 4. The second kappa shape index (κ2) is 8.13. The Labute approximate surface area is 139 Å². The fraction of sp³-hybridized carbons (Fsp3) is 0.250. The molecule has 0 spiro atoms. The van der Waals surface area contributed by atoms with E-state index < -0.39 is 0 Å². The first-order valence-electron chi connectivity index (χ1n) is 6.71. The van der Waals surface area contributed by atoms with Crippen molar-refractivity contribution in [1.82, 2.24) is 0 Å². The summed E-state index contributed by atoms with van der Waals surface area (Å²) in [6.07, 6.45) is 0. The molecule has 2 aromatic carbocycles. The van der Waals surface area contributed by atoms with Crippen LogP contribution in [-0.4, -0.2) is 20.3 Å². The standard InChI is InChI=1S/C16H17Cl2NO3/c1-20-16-8-11(10-19)2-4-15(16)22-7-6-21-14-5-3-12(17)9-13(14)18/h2-5,8-9H,6-7,10,19H2,1H3. The molecule has 0 atom stereocenters. The van der Waals surface area contributed by atoms with Crippen molar-refractivity contribution in [1.29, 1.82) is 0 Å². The van der Waals surface area contributed by atoms with Crippen molar-refractivity contribution in [2.75, 3.05) is 20.3 Å². The Morgan fingerprint density at radius 3 is 2.23 bits per heavy atom. The summed E-state index contributed by atoms with van der Waals surface area (Å²) in [5, 5.41) is 1.04. The third-order valence-corrected chi connectivity index (χ3v) is 3.49. The maximum atomic E-state index is 6.02. The molecule has 2 aromatic rings. The van der Waals surface area contributed by atoms with E-state index in [4.69, 9.17) is 43.1 Å². The Hall–Kier alpha value is -1.62. The van der Waals surface area contributed by atoms with Gasteiger partial charge in [-0.15, -0.1) is 0 Å². The fourth-order valence-electron chi connectivity index (χ4n) is 1.85. The van der Waals surface area contributed by atoms with Crippen LogP contribution in [0.15, 0.2) is 36.4 Å². The van der Waals surface area contributed by atoms with E-state index in [1.807, 2.05) is 18.2 Å². The number of methoxy groups -OCH3 is 1. The van der Waals surface area contributed by atoms with Crippen molar-refractivity contribution in [2.24, 2.45) is 5.73 Å². The predicted octanol–water partition coefficient (Wildman–Crippen LogP) is 3.92. The Morgan fingerprint density at radius 1 is 0.909 bits per heavy atom. The molecule has 22 heavy (non-hydrogen) atoms. The first kappa shape index (κ1) is 16.7. The van der Waals surface area contributed by atoms with E-state index in [-0.39, 0.29) is 0 Å². The van der Waals surface area contributed by atoms with Gasteiger partial charge in [0.2, 0.25) is 0 Å². The van der Waals surface area contributed by atoms with Crippen LogP contribution < -0.4 is 19.9 Å². The summed E-state index contributed by atoms with van der Waals surface area (Å²) in [5.74, 6) is 1.86. The van der Waals surface area contributed by atoms with Gasteiger partial charge >= 0.3 is 0 Å². The molecular formula is C16H17Cl2NO3. The van der Waals surface area contributed by atoms with Gasteiger partial charge in [-0.3, -0.25) is 0 Å². The summed E-state index contributed by atoms with van der Waals surface area (Å²) in [5.41, 5.74) is 6.58. The Morgan fingerprint density at radius 2 is 1.59 bits per heavy atom. The van der Waals surface area contributed by atoms with Crippen LogP contribution in [0.2, 0.25) is 10.0 Å². The molecule has 0 aromatic heterocycles. The zero-order valence-electron chi connectivity index (χ0n) is 12.1. The molecule has 0 amide bonds. The summed E-state index contributed by atoms with van der Waals surface area (Å²) in [7, 11) is 1.59. The van der Waals surface area contributed by atoms with Crippen LogP contribution in [0.25, 0.3) is 0 Å². The van der Waals surface area contributed by atoms with E-state index in [0.29, 0.717) is 47.1 Å². The number of halogens is 2. The number of ether oxygens (including phenoxy) is 3. The Bertz CT molecular complexity index is 635. The third-order valence-electron chi connectivity index (χ3n) is 2.96. The van der Waals surface area contributed by atoms with Gasteiger partial charge in [-0.2, -0.15) is 0 Å². The van der Waals surface area contributed by atoms with Crippen molar-refractivity contribution in [3.05, 3.63) is 52.0 Å². The molecule has 0 radical (unpaired) electrons. The molecular weight excluding hydrogens is 325 g/mol. The minimum absolute atomic E-state index is 0.350. The highest BCUT2D eigenvalue weighted by Gasteiger charge is 2.06. The topological polar surface area (TPSA) is 53.7 Å². The van der Waals surface area contributed by atoms with Crippen LogP contribution >= 0.6 is 23.2 Å². The SMILES string of the molecule is COc1cc(CN)ccc1OCCOc1ccc(Cl)cc1Cl. The molecule has 2 rings (SSSR count). The van der Waals surface area contributed by atoms with Gasteiger partial charge in [0.1, 0.15) is 19.0 Å². The summed E-state index contributed by atoms with van der Waals surface area (Å²) >= 11 is 11.9. The maximum Gasteiger partial charge on any atom is 0.161 e. The first-order chi connectivity index (χ1) is 10.6. The minimum Gasteiger partial charge on any atom is -0.493 e. The zero-order valence-corrected chi connectivity index (χ0v) is 13.7. The molecule has 0 saturated heterocycles. The monoisotopic (exact) mass is 341 g/mol. The Balaban J connectivity index is 1.88. The average molecular weight is 342 g/mol. The molecule has 6 heteroatoms. The fourth-order valence-corrected chi connectivity index (χ4v) is 2.32. The van der Waals surface area contributed by atoms with Gasteiger partial charge in [0, 0.05) is 11.6 Å². The summed E-state index contributed by atoms with van der Waals surface area (Å²) in [6.45, 7) is 1.16. The quantitative estimate of drug-likeness (QED) is 0.775. The number of benzene rings is 2. The molecule has 2 N–H and O–H groups in total. The molecule has 0 saturated carbocycles. The smallest absolute Gasteiger partial charge is 0.161 e. The van der Waals surface area contributed by atoms with Gasteiger partial charge in [-0.05, 0) is 35.9 Å². The zero-order chi connectivity index (χ0) is 15.9. The van der Waals surface area contributed by atoms with Crippen molar-refractivity contribution in [3.8, 4) is 17.2 Å². The van der Waals surface area contributed by atoms with E-state index in [9.17, 15) is 0 Å². The molecule has 4 nitrogen and oxygen atoms in total. The number of nitrogens with two attached hydrogens (primary N) is 1. The van der Waals surface area contributed by atoms with E-state index >= 15 is 0 Å². The molecule has 0 heterocycles. The molecule has 0 bridgehead atoms. The van der Waals surface area contributed by atoms with Gasteiger partial charge in [0.25, 0.3) is 0 Å². The molecule has 0 fully saturated rings. The largest absolute Gasteiger partial charge is 0.493 e. The van der Waals surface area contributed by atoms with E-state index in [1.54, 1.807) is 25.3 Å². The third kappa shape index (κ3) is 4.44. The second-order valence-electron chi connectivity index (χ2n) is 4.46. The number of rotatable bonds is 7. The van der Waals surface area contributed by atoms with E-state index in [2.05, 4.69) is 0 Å². The summed E-state index contributed by atoms with van der Waals surface area (Å²) < 4.78 is 16.5. The predicted molar refractivity (Wildman–Crippen MR) is 88.3 cm³/mol. The summed E-state index contributed by atoms with van der Waals surface area (Å²) in [6, 6.07) is 10.7. The molecule has 0 aliphatic rings. The van der Waals surface area contributed by atoms with Crippen LogP contribution in [-0.2, 0) is 6.54 Å². The highest BCUT2D eigenvalue weighted by atomic mass is 35.5. The number of hydrogen-bond donors (Lipinski definition) is 1. The van der Waals surface area contributed by atoms with Gasteiger partial charge in [-0.1, -0.05) is 29.3 Å². The second-order valence-corrected chi connectivity index (χ2v) is 5.30. The summed E-state index contributed by atoms with van der Waals surface area (Å²) in [4.78, 5) is 0. The van der Waals surface area contributed by atoms with Gasteiger partial charge in [0.15, 0.2) is 11.5 Å². The maximum absolute atomic E-state index is 6.02. The highest BCUT2D eigenvalue weighted by Crippen LogP contribution is 2.29. The van der Waals surface area contributed by atoms with Gasteiger partial charge in [-0.25, -0.2) is 0 Å². The average Bonchev–Trinajstić information content (AvgIpc) is 2.53. The molecule has 118 valence electrons. The van der Waals surface area contributed by atoms with Gasteiger partial charge < -0.3 is 19.9 Å². The van der Waals surface area contributed by atoms with Gasteiger partial charge in [0.05, 0.1) is 12.1 Å². The van der Waals surface area contributed by atoms with Crippen molar-refractivity contribution >= 4 is 23.2 Å². The van der Waals surface area contributed by atoms with Crippen molar-refractivity contribution in [3.63, 3.8) is 0 Å². The van der Waals surface area contributed by atoms with Crippen molar-refractivity contribution in [2.45, 2.75) is 6.54 Å². The minimum atomic E-state index is 0.350. The normalized spacial score (nSPS) is 10.4. The van der Waals surface area contributed by atoms with Crippen LogP contribution in [0.3, 0.4) is 0 Å². The van der Waals surface area contributed by atoms with Crippen LogP contribution in [0.1, 0.15) is 5.56 Å². The van der Waals surface area contributed by atoms with E-state index in [1.165, 1.54) is 0 Å². The lowest BCUT2D eigenvalue weighted by Crippen LogP contribution is -2.10. The van der Waals surface area contributed by atoms with Crippen LogP contribution in [0.5, 0.6) is 17.2 Å².